The summed E-state index contributed by atoms with van der Waals surface area (Å²) < 4.78 is 1.98. The Kier molecular flexibility index (Phi) is 4.47. The Morgan fingerprint density at radius 2 is 2.15 bits per heavy atom. The van der Waals surface area contributed by atoms with E-state index in [1.165, 1.54) is 0 Å². The third-order valence-electron chi connectivity index (χ3n) is 3.57. The van der Waals surface area contributed by atoms with Gasteiger partial charge in [0.1, 0.15) is 5.69 Å². The van der Waals surface area contributed by atoms with Crippen LogP contribution >= 0.6 is 0 Å². The minimum absolute atomic E-state index is 0.183. The first kappa shape index (κ1) is 14.6. The van der Waals surface area contributed by atoms with Gasteiger partial charge in [-0.3, -0.25) is 9.59 Å². The van der Waals surface area contributed by atoms with E-state index >= 15 is 0 Å². The van der Waals surface area contributed by atoms with Gasteiger partial charge in [0.2, 0.25) is 0 Å². The topological polar surface area (TPSA) is 71.3 Å². The maximum Gasteiger partial charge on any atom is 0.308 e. The first-order chi connectivity index (χ1) is 9.49. The van der Waals surface area contributed by atoms with Gasteiger partial charge < -0.3 is 15.0 Å². The number of rotatable bonds is 7. The molecular formula is C15H22N2O3. The van der Waals surface area contributed by atoms with Crippen LogP contribution in [-0.4, -0.2) is 28.1 Å². The van der Waals surface area contributed by atoms with Gasteiger partial charge in [-0.1, -0.05) is 13.8 Å². The molecule has 1 heterocycles. The van der Waals surface area contributed by atoms with Crippen molar-refractivity contribution in [2.24, 2.45) is 11.8 Å². The van der Waals surface area contributed by atoms with E-state index in [1.54, 1.807) is 6.07 Å². The highest BCUT2D eigenvalue weighted by molar-refractivity contribution is 5.93. The molecule has 20 heavy (non-hydrogen) atoms. The van der Waals surface area contributed by atoms with Crippen LogP contribution in [0, 0.1) is 11.8 Å². The van der Waals surface area contributed by atoms with Crippen molar-refractivity contribution in [1.29, 1.82) is 0 Å². The zero-order valence-electron chi connectivity index (χ0n) is 12.0. The molecule has 0 spiro atoms. The van der Waals surface area contributed by atoms with Crippen LogP contribution in [0.15, 0.2) is 18.3 Å². The molecule has 0 bridgehead atoms. The molecule has 1 fully saturated rings. The van der Waals surface area contributed by atoms with Crippen LogP contribution in [-0.2, 0) is 4.79 Å². The normalized spacial score (nSPS) is 16.1. The van der Waals surface area contributed by atoms with Crippen molar-refractivity contribution < 1.29 is 14.7 Å². The van der Waals surface area contributed by atoms with Gasteiger partial charge in [-0.05, 0) is 37.3 Å². The summed E-state index contributed by atoms with van der Waals surface area (Å²) in [5.41, 5.74) is 0.626. The largest absolute Gasteiger partial charge is 0.481 e. The molecule has 1 atom stereocenters. The lowest BCUT2D eigenvalue weighted by Crippen LogP contribution is -2.34. The van der Waals surface area contributed by atoms with E-state index in [4.69, 9.17) is 5.11 Å². The zero-order valence-corrected chi connectivity index (χ0v) is 12.0. The van der Waals surface area contributed by atoms with Gasteiger partial charge in [0.25, 0.3) is 5.91 Å². The molecule has 1 aliphatic carbocycles. The second-order valence-corrected chi connectivity index (χ2v) is 5.91. The summed E-state index contributed by atoms with van der Waals surface area (Å²) in [6.45, 7) is 4.15. The standard InChI is InChI=1S/C15H22N2O3/c1-10(2)8-11(15(19)20)9-16-14(18)13-4-3-7-17(13)12-5-6-12/h3-4,7,10-12H,5-6,8-9H2,1-2H3,(H,16,18)(H,19,20). The molecule has 1 unspecified atom stereocenters. The lowest BCUT2D eigenvalue weighted by atomic mass is 9.97. The molecule has 1 aliphatic rings. The van der Waals surface area contributed by atoms with E-state index in [0.717, 1.165) is 12.8 Å². The molecule has 5 heteroatoms. The summed E-state index contributed by atoms with van der Waals surface area (Å²) in [6.07, 6.45) is 4.70. The van der Waals surface area contributed by atoms with Crippen molar-refractivity contribution >= 4 is 11.9 Å². The van der Waals surface area contributed by atoms with E-state index in [-0.39, 0.29) is 12.5 Å². The molecule has 1 amide bonds. The molecule has 0 radical (unpaired) electrons. The van der Waals surface area contributed by atoms with Crippen molar-refractivity contribution in [3.05, 3.63) is 24.0 Å². The van der Waals surface area contributed by atoms with Crippen LogP contribution in [0.5, 0.6) is 0 Å². The Balaban J connectivity index is 1.93. The van der Waals surface area contributed by atoms with E-state index in [2.05, 4.69) is 5.32 Å². The molecule has 1 aromatic rings. The molecule has 2 rings (SSSR count). The van der Waals surface area contributed by atoms with Crippen LogP contribution < -0.4 is 5.32 Å². The Labute approximate surface area is 119 Å². The summed E-state index contributed by atoms with van der Waals surface area (Å²) in [5.74, 6) is -1.26. The Morgan fingerprint density at radius 3 is 2.70 bits per heavy atom. The Morgan fingerprint density at radius 1 is 1.45 bits per heavy atom. The van der Waals surface area contributed by atoms with E-state index in [0.29, 0.717) is 24.1 Å². The number of carbonyl (C=O) groups is 2. The number of carbonyl (C=O) groups excluding carboxylic acids is 1. The SMILES string of the molecule is CC(C)CC(CNC(=O)c1cccn1C1CC1)C(=O)O. The second kappa shape index (κ2) is 6.11. The number of aliphatic carboxylic acids is 1. The van der Waals surface area contributed by atoms with Gasteiger partial charge in [-0.2, -0.15) is 0 Å². The smallest absolute Gasteiger partial charge is 0.308 e. The van der Waals surface area contributed by atoms with Crippen molar-refractivity contribution in [3.63, 3.8) is 0 Å². The van der Waals surface area contributed by atoms with Gasteiger partial charge in [0, 0.05) is 18.8 Å². The molecule has 0 aliphatic heterocycles. The average Bonchev–Trinajstić information content (AvgIpc) is 3.10. The molecule has 1 saturated carbocycles. The van der Waals surface area contributed by atoms with Crippen LogP contribution in [0.1, 0.15) is 49.6 Å². The molecular weight excluding hydrogens is 256 g/mol. The average molecular weight is 278 g/mol. The number of nitrogens with one attached hydrogen (secondary N) is 1. The third kappa shape index (κ3) is 3.62. The molecule has 5 nitrogen and oxygen atoms in total. The van der Waals surface area contributed by atoms with E-state index in [9.17, 15) is 9.59 Å². The first-order valence-electron chi connectivity index (χ1n) is 7.17. The number of hydrogen-bond acceptors (Lipinski definition) is 2. The molecule has 2 N–H and O–H groups in total. The first-order valence-corrected chi connectivity index (χ1v) is 7.17. The fraction of sp³-hybridized carbons (Fsp3) is 0.600. The lowest BCUT2D eigenvalue weighted by molar-refractivity contribution is -0.142. The minimum Gasteiger partial charge on any atom is -0.481 e. The predicted octanol–water partition coefficient (Wildman–Crippen LogP) is 2.30. The highest BCUT2D eigenvalue weighted by Gasteiger charge is 2.27. The maximum atomic E-state index is 12.1. The van der Waals surface area contributed by atoms with E-state index in [1.807, 2.05) is 30.7 Å². The lowest BCUT2D eigenvalue weighted by Gasteiger charge is -2.16. The number of nitrogens with zero attached hydrogens (tertiary/aromatic N) is 1. The molecule has 0 aromatic carbocycles. The van der Waals surface area contributed by atoms with Crippen LogP contribution in [0.3, 0.4) is 0 Å². The van der Waals surface area contributed by atoms with Gasteiger partial charge in [-0.25, -0.2) is 0 Å². The Hall–Kier alpha value is -1.78. The van der Waals surface area contributed by atoms with Gasteiger partial charge in [0.05, 0.1) is 5.92 Å². The number of hydrogen-bond donors (Lipinski definition) is 2. The number of carboxylic acid groups (broad SMARTS) is 1. The fourth-order valence-electron chi connectivity index (χ4n) is 2.40. The van der Waals surface area contributed by atoms with Crippen molar-refractivity contribution in [2.75, 3.05) is 6.54 Å². The molecule has 0 saturated heterocycles. The highest BCUT2D eigenvalue weighted by Crippen LogP contribution is 2.35. The zero-order chi connectivity index (χ0) is 14.7. The molecule has 110 valence electrons. The monoisotopic (exact) mass is 278 g/mol. The fourth-order valence-corrected chi connectivity index (χ4v) is 2.40. The number of carboxylic acids is 1. The predicted molar refractivity (Wildman–Crippen MR) is 75.6 cm³/mol. The second-order valence-electron chi connectivity index (χ2n) is 5.91. The Bertz CT molecular complexity index is 489. The summed E-state index contributed by atoms with van der Waals surface area (Å²) in [4.78, 5) is 23.3. The van der Waals surface area contributed by atoms with Crippen LogP contribution in [0.25, 0.3) is 0 Å². The maximum absolute atomic E-state index is 12.1. The summed E-state index contributed by atoms with van der Waals surface area (Å²) in [5, 5.41) is 11.9. The van der Waals surface area contributed by atoms with Crippen molar-refractivity contribution in [3.8, 4) is 0 Å². The highest BCUT2D eigenvalue weighted by atomic mass is 16.4. The van der Waals surface area contributed by atoms with Gasteiger partial charge in [-0.15, -0.1) is 0 Å². The summed E-state index contributed by atoms with van der Waals surface area (Å²) >= 11 is 0. The van der Waals surface area contributed by atoms with Gasteiger partial charge in [0.15, 0.2) is 0 Å². The van der Waals surface area contributed by atoms with Gasteiger partial charge >= 0.3 is 5.97 Å². The van der Waals surface area contributed by atoms with Crippen LogP contribution in [0.2, 0.25) is 0 Å². The number of aromatic nitrogens is 1. The summed E-state index contributed by atoms with van der Waals surface area (Å²) in [7, 11) is 0. The number of amides is 1. The summed E-state index contributed by atoms with van der Waals surface area (Å²) in [6, 6.07) is 4.08. The minimum atomic E-state index is -0.850. The van der Waals surface area contributed by atoms with Crippen LogP contribution in [0.4, 0.5) is 0 Å². The molecule has 1 aromatic heterocycles. The van der Waals surface area contributed by atoms with Crippen molar-refractivity contribution in [1.82, 2.24) is 9.88 Å². The van der Waals surface area contributed by atoms with Crippen molar-refractivity contribution in [2.45, 2.75) is 39.2 Å². The quantitative estimate of drug-likeness (QED) is 0.804. The van der Waals surface area contributed by atoms with E-state index < -0.39 is 11.9 Å². The third-order valence-corrected chi connectivity index (χ3v) is 3.57.